The zero-order chi connectivity index (χ0) is 44.5. The van der Waals surface area contributed by atoms with Gasteiger partial charge in [0.2, 0.25) is 0 Å². The summed E-state index contributed by atoms with van der Waals surface area (Å²) in [4.78, 5) is 100. The summed E-state index contributed by atoms with van der Waals surface area (Å²) in [6.07, 6.45) is 2.39. The quantitative estimate of drug-likeness (QED) is 0.131. The average Bonchev–Trinajstić information content (AvgIpc) is 3.25. The van der Waals surface area contributed by atoms with Crippen molar-refractivity contribution in [3.05, 3.63) is 82.9 Å². The van der Waals surface area contributed by atoms with E-state index in [9.17, 15) is 38.4 Å². The van der Waals surface area contributed by atoms with Crippen LogP contribution in [0.2, 0.25) is 0 Å². The molecule has 0 aliphatic heterocycles. The summed E-state index contributed by atoms with van der Waals surface area (Å²) in [5.41, 5.74) is -5.93. The second-order valence-corrected chi connectivity index (χ2v) is 13.4. The lowest BCUT2D eigenvalue weighted by molar-refractivity contribution is -0.171. The molecular formula is C42H52O16. The van der Waals surface area contributed by atoms with Gasteiger partial charge >= 0.3 is 47.8 Å². The van der Waals surface area contributed by atoms with Gasteiger partial charge in [-0.3, -0.25) is 38.4 Å². The van der Waals surface area contributed by atoms with Gasteiger partial charge in [-0.2, -0.15) is 0 Å². The van der Waals surface area contributed by atoms with E-state index in [4.69, 9.17) is 37.9 Å². The van der Waals surface area contributed by atoms with Gasteiger partial charge in [0, 0.05) is 0 Å². The minimum atomic E-state index is -1.91. The SMILES string of the molecule is COC(=O)C(C)(C/C(=C\c1ccccc1)C(C)(C(=O)OC)C(=O)OC)C(=O)OC.COC(=O)C(C)(C/C(=C\c1ccccc1)C(C)(C(=O)OC)C(=O)OC)C(=O)OC. The van der Waals surface area contributed by atoms with Crippen LogP contribution < -0.4 is 0 Å². The Hall–Kier alpha value is -6.32. The van der Waals surface area contributed by atoms with Crippen LogP contribution in [0, 0.1) is 21.7 Å². The van der Waals surface area contributed by atoms with Crippen LogP contribution in [0.15, 0.2) is 71.8 Å². The highest BCUT2D eigenvalue weighted by Gasteiger charge is 2.54. The molecule has 0 saturated carbocycles. The highest BCUT2D eigenvalue weighted by molar-refractivity contribution is 6.07. The lowest BCUT2D eigenvalue weighted by Crippen LogP contribution is -2.45. The lowest BCUT2D eigenvalue weighted by Gasteiger charge is -2.32. The van der Waals surface area contributed by atoms with E-state index in [0.717, 1.165) is 56.9 Å². The Bertz CT molecular complexity index is 1660. The second-order valence-electron chi connectivity index (χ2n) is 13.4. The Balaban J connectivity index is 0.000000580. The molecule has 316 valence electrons. The molecule has 58 heavy (non-hydrogen) atoms. The van der Waals surface area contributed by atoms with Crippen molar-refractivity contribution in [3.8, 4) is 0 Å². The summed E-state index contributed by atoms with van der Waals surface area (Å²) >= 11 is 0. The highest BCUT2D eigenvalue weighted by Crippen LogP contribution is 2.42. The molecule has 0 aliphatic rings. The summed E-state index contributed by atoms with van der Waals surface area (Å²) in [7, 11) is 9.03. The smallest absolute Gasteiger partial charge is 0.327 e. The number of methoxy groups -OCH3 is 8. The number of ether oxygens (including phenoxy) is 8. The first kappa shape index (κ1) is 49.7. The van der Waals surface area contributed by atoms with Gasteiger partial charge in [-0.1, -0.05) is 72.8 Å². The van der Waals surface area contributed by atoms with Crippen molar-refractivity contribution >= 4 is 59.9 Å². The number of rotatable bonds is 16. The predicted molar refractivity (Wildman–Crippen MR) is 207 cm³/mol. The van der Waals surface area contributed by atoms with Crippen LogP contribution in [0.4, 0.5) is 0 Å². The maximum Gasteiger partial charge on any atom is 0.327 e. The van der Waals surface area contributed by atoms with E-state index < -0.39 is 69.4 Å². The fraction of sp³-hybridized carbons (Fsp3) is 0.429. The Labute approximate surface area is 337 Å². The third-order valence-corrected chi connectivity index (χ3v) is 9.57. The van der Waals surface area contributed by atoms with E-state index in [0.29, 0.717) is 11.1 Å². The van der Waals surface area contributed by atoms with E-state index in [2.05, 4.69) is 0 Å². The van der Waals surface area contributed by atoms with Crippen LogP contribution in [0.5, 0.6) is 0 Å². The minimum absolute atomic E-state index is 0.126. The van der Waals surface area contributed by atoms with Crippen molar-refractivity contribution in [3.63, 3.8) is 0 Å². The number of carbonyl (C=O) groups is 8. The van der Waals surface area contributed by atoms with Crippen LogP contribution >= 0.6 is 0 Å². The summed E-state index contributed by atoms with van der Waals surface area (Å²) < 4.78 is 38.4. The van der Waals surface area contributed by atoms with Crippen molar-refractivity contribution < 1.29 is 76.3 Å². The summed E-state index contributed by atoms with van der Waals surface area (Å²) in [6.45, 7) is 5.26. The number of hydrogen-bond acceptors (Lipinski definition) is 16. The van der Waals surface area contributed by atoms with Crippen molar-refractivity contribution in [1.82, 2.24) is 0 Å². The van der Waals surface area contributed by atoms with E-state index in [1.807, 2.05) is 0 Å². The average molecular weight is 813 g/mol. The van der Waals surface area contributed by atoms with E-state index in [-0.39, 0.29) is 24.0 Å². The van der Waals surface area contributed by atoms with E-state index in [1.165, 1.54) is 39.8 Å². The van der Waals surface area contributed by atoms with Gasteiger partial charge in [0.05, 0.1) is 56.9 Å². The normalized spacial score (nSPS) is 12.0. The molecule has 16 heteroatoms. The Kier molecular flexibility index (Phi) is 18.7. The largest absolute Gasteiger partial charge is 0.468 e. The number of esters is 8. The summed E-state index contributed by atoms with van der Waals surface area (Å²) in [6, 6.07) is 17.6. The first-order chi connectivity index (χ1) is 27.2. The number of carbonyl (C=O) groups excluding carboxylic acids is 8. The summed E-state index contributed by atoms with van der Waals surface area (Å²) in [5, 5.41) is 0. The first-order valence-corrected chi connectivity index (χ1v) is 17.4. The van der Waals surface area contributed by atoms with Crippen molar-refractivity contribution in [2.24, 2.45) is 21.7 Å². The van der Waals surface area contributed by atoms with E-state index in [1.54, 1.807) is 60.7 Å². The monoisotopic (exact) mass is 812 g/mol. The molecule has 0 unspecified atom stereocenters. The fourth-order valence-corrected chi connectivity index (χ4v) is 5.87. The Morgan fingerprint density at radius 1 is 0.379 bits per heavy atom. The minimum Gasteiger partial charge on any atom is -0.468 e. The molecule has 0 saturated heterocycles. The van der Waals surface area contributed by atoms with E-state index >= 15 is 0 Å². The van der Waals surface area contributed by atoms with Crippen LogP contribution in [0.25, 0.3) is 12.2 Å². The molecule has 0 amide bonds. The maximum absolute atomic E-state index is 12.6. The second kappa shape index (κ2) is 21.8. The molecule has 0 fully saturated rings. The van der Waals surface area contributed by atoms with Crippen LogP contribution in [0.3, 0.4) is 0 Å². The molecule has 0 aromatic heterocycles. The molecule has 2 aromatic carbocycles. The zero-order valence-corrected chi connectivity index (χ0v) is 34.9. The van der Waals surface area contributed by atoms with Gasteiger partial charge in [-0.25, -0.2) is 0 Å². The Morgan fingerprint density at radius 2 is 0.586 bits per heavy atom. The van der Waals surface area contributed by atoms with Gasteiger partial charge in [0.15, 0.2) is 21.7 Å². The predicted octanol–water partition coefficient (Wildman–Crippen LogP) is 4.33. The fourth-order valence-electron chi connectivity index (χ4n) is 5.87. The molecule has 16 nitrogen and oxygen atoms in total. The van der Waals surface area contributed by atoms with Crippen LogP contribution in [0.1, 0.15) is 51.7 Å². The molecule has 0 N–H and O–H groups in total. The highest BCUT2D eigenvalue weighted by atomic mass is 16.6. The lowest BCUT2D eigenvalue weighted by atomic mass is 9.72. The van der Waals surface area contributed by atoms with Gasteiger partial charge in [0.1, 0.15) is 0 Å². The topological polar surface area (TPSA) is 210 Å². The third-order valence-electron chi connectivity index (χ3n) is 9.57. The molecule has 0 spiro atoms. The zero-order valence-electron chi connectivity index (χ0n) is 34.9. The molecule has 2 rings (SSSR count). The molecule has 2 aromatic rings. The molecule has 0 bridgehead atoms. The molecule has 0 heterocycles. The maximum atomic E-state index is 12.6. The van der Waals surface area contributed by atoms with Crippen LogP contribution in [-0.4, -0.2) is 105 Å². The van der Waals surface area contributed by atoms with Gasteiger partial charge in [-0.15, -0.1) is 0 Å². The molecular weight excluding hydrogens is 760 g/mol. The summed E-state index contributed by atoms with van der Waals surface area (Å²) in [5.74, 6) is -7.10. The first-order valence-electron chi connectivity index (χ1n) is 17.4. The van der Waals surface area contributed by atoms with Crippen LogP contribution in [-0.2, 0) is 76.3 Å². The molecule has 0 atom stereocenters. The van der Waals surface area contributed by atoms with Crippen molar-refractivity contribution in [2.45, 2.75) is 40.5 Å². The number of hydrogen-bond donors (Lipinski definition) is 0. The van der Waals surface area contributed by atoms with Gasteiger partial charge in [0.25, 0.3) is 0 Å². The Morgan fingerprint density at radius 3 is 0.776 bits per heavy atom. The van der Waals surface area contributed by atoms with Crippen molar-refractivity contribution in [1.29, 1.82) is 0 Å². The van der Waals surface area contributed by atoms with Crippen molar-refractivity contribution in [2.75, 3.05) is 56.9 Å². The molecule has 0 radical (unpaired) electrons. The standard InChI is InChI=1S/2C21H26O8/c2*1-20(16(22)26-3,17(23)27-4)13-15(12-14-10-8-7-9-11-14)21(2,18(24)28-5)19(25)29-6/h2*7-12H,13H2,1-6H3/b2*15-12+. The third kappa shape index (κ3) is 11.0. The number of benzene rings is 2. The van der Waals surface area contributed by atoms with Gasteiger partial charge < -0.3 is 37.9 Å². The van der Waals surface area contributed by atoms with Gasteiger partial charge in [-0.05, 0) is 62.8 Å². The molecule has 0 aliphatic carbocycles.